The quantitative estimate of drug-likeness (QED) is 0.782. The largest absolute Gasteiger partial charge is 0.330 e. The zero-order valence-corrected chi connectivity index (χ0v) is 16.7. The molecule has 2 aromatic rings. The average Bonchev–Trinajstić information content (AvgIpc) is 2.95. The number of carbonyl (C=O) groups is 1. The van der Waals surface area contributed by atoms with E-state index < -0.39 is 0 Å². The predicted molar refractivity (Wildman–Crippen MR) is 110 cm³/mol. The number of pyridine rings is 1. The van der Waals surface area contributed by atoms with E-state index >= 15 is 0 Å². The maximum atomic E-state index is 13.4. The maximum Gasteiger partial charge on any atom is 0.255 e. The molecule has 1 saturated heterocycles. The highest BCUT2D eigenvalue weighted by Gasteiger charge is 2.27. The van der Waals surface area contributed by atoms with E-state index in [-0.39, 0.29) is 24.4 Å². The SMILES string of the molecule is CSc1ccccc1C(=O)N(Cc1ccccn1)C1CCCNCC1.Cl. The van der Waals surface area contributed by atoms with Crippen LogP contribution in [0.3, 0.4) is 0 Å². The standard InChI is InChI=1S/C20H25N3OS.ClH/c1-25-19-10-3-2-9-18(19)20(24)23(15-16-7-4-5-13-22-16)17-8-6-12-21-14-11-17;/h2-5,7,9-10,13,17,21H,6,8,11-12,14-15H2,1H3;1H. The molecule has 1 unspecified atom stereocenters. The molecule has 0 bridgehead atoms. The van der Waals surface area contributed by atoms with E-state index in [4.69, 9.17) is 0 Å². The van der Waals surface area contributed by atoms with Gasteiger partial charge in [0.1, 0.15) is 0 Å². The number of thioether (sulfide) groups is 1. The van der Waals surface area contributed by atoms with Gasteiger partial charge in [0.2, 0.25) is 0 Å². The number of nitrogens with one attached hydrogen (secondary N) is 1. The lowest BCUT2D eigenvalue weighted by Gasteiger charge is -2.31. The van der Waals surface area contributed by atoms with Crippen LogP contribution in [0.4, 0.5) is 0 Å². The Balaban J connectivity index is 0.00000243. The molecule has 0 spiro atoms. The van der Waals surface area contributed by atoms with E-state index in [1.165, 1.54) is 0 Å². The summed E-state index contributed by atoms with van der Waals surface area (Å²) in [5.41, 5.74) is 1.73. The van der Waals surface area contributed by atoms with Crippen LogP contribution in [-0.2, 0) is 6.54 Å². The Morgan fingerprint density at radius 1 is 1.19 bits per heavy atom. The first-order valence-corrected chi connectivity index (χ1v) is 10.1. The van der Waals surface area contributed by atoms with Crippen molar-refractivity contribution in [2.75, 3.05) is 19.3 Å². The van der Waals surface area contributed by atoms with Crippen LogP contribution < -0.4 is 5.32 Å². The summed E-state index contributed by atoms with van der Waals surface area (Å²) >= 11 is 1.62. The van der Waals surface area contributed by atoms with Crippen molar-refractivity contribution in [3.8, 4) is 0 Å². The predicted octanol–water partition coefficient (Wildman–Crippen LogP) is 4.01. The molecule has 0 radical (unpaired) electrons. The fourth-order valence-electron chi connectivity index (χ4n) is 3.32. The van der Waals surface area contributed by atoms with E-state index in [1.54, 1.807) is 18.0 Å². The number of benzene rings is 1. The van der Waals surface area contributed by atoms with Gasteiger partial charge in [-0.05, 0) is 62.9 Å². The van der Waals surface area contributed by atoms with Gasteiger partial charge in [-0.3, -0.25) is 9.78 Å². The summed E-state index contributed by atoms with van der Waals surface area (Å²) in [6.45, 7) is 2.55. The molecule has 0 aliphatic carbocycles. The second-order valence-electron chi connectivity index (χ2n) is 6.29. The highest BCUT2D eigenvalue weighted by atomic mass is 35.5. The summed E-state index contributed by atoms with van der Waals surface area (Å²) in [5, 5.41) is 3.44. The van der Waals surface area contributed by atoms with E-state index in [0.717, 1.165) is 48.5 Å². The Morgan fingerprint density at radius 2 is 2.00 bits per heavy atom. The molecule has 0 saturated carbocycles. The third-order valence-electron chi connectivity index (χ3n) is 4.64. The average molecular weight is 392 g/mol. The minimum Gasteiger partial charge on any atom is -0.330 e. The first-order chi connectivity index (χ1) is 12.3. The first kappa shape index (κ1) is 20.7. The van der Waals surface area contributed by atoms with Crippen LogP contribution in [0, 0.1) is 0 Å². The summed E-state index contributed by atoms with van der Waals surface area (Å²) in [7, 11) is 0. The molecule has 1 aliphatic rings. The zero-order valence-electron chi connectivity index (χ0n) is 15.1. The lowest BCUT2D eigenvalue weighted by molar-refractivity contribution is 0.0639. The molecule has 1 atom stereocenters. The molecule has 4 nitrogen and oxygen atoms in total. The van der Waals surface area contributed by atoms with Crippen LogP contribution in [0.1, 0.15) is 35.3 Å². The van der Waals surface area contributed by atoms with Crippen LogP contribution >= 0.6 is 24.2 Å². The Morgan fingerprint density at radius 3 is 2.77 bits per heavy atom. The topological polar surface area (TPSA) is 45.2 Å². The van der Waals surface area contributed by atoms with Gasteiger partial charge in [-0.2, -0.15) is 0 Å². The molecule has 1 N–H and O–H groups in total. The van der Waals surface area contributed by atoms with Gasteiger partial charge >= 0.3 is 0 Å². The van der Waals surface area contributed by atoms with E-state index in [1.807, 2.05) is 53.6 Å². The highest BCUT2D eigenvalue weighted by molar-refractivity contribution is 7.98. The molecular formula is C20H26ClN3OS. The molecule has 140 valence electrons. The Labute approximate surface area is 166 Å². The summed E-state index contributed by atoms with van der Waals surface area (Å²) in [5.74, 6) is 0.113. The summed E-state index contributed by atoms with van der Waals surface area (Å²) in [6, 6.07) is 14.0. The highest BCUT2D eigenvalue weighted by Crippen LogP contribution is 2.25. The van der Waals surface area contributed by atoms with Gasteiger partial charge in [-0.1, -0.05) is 18.2 Å². The summed E-state index contributed by atoms with van der Waals surface area (Å²) < 4.78 is 0. The number of aromatic nitrogens is 1. The fraction of sp³-hybridized carbons (Fsp3) is 0.400. The second kappa shape index (κ2) is 10.6. The second-order valence-corrected chi connectivity index (χ2v) is 7.14. The maximum absolute atomic E-state index is 13.4. The Kier molecular flexibility index (Phi) is 8.42. The first-order valence-electron chi connectivity index (χ1n) is 8.84. The summed E-state index contributed by atoms with van der Waals surface area (Å²) in [4.78, 5) is 20.9. The van der Waals surface area contributed by atoms with Crippen LogP contribution in [0.2, 0.25) is 0 Å². The van der Waals surface area contributed by atoms with Crippen molar-refractivity contribution in [3.63, 3.8) is 0 Å². The molecule has 3 rings (SSSR count). The fourth-order valence-corrected chi connectivity index (χ4v) is 3.91. The van der Waals surface area contributed by atoms with E-state index in [9.17, 15) is 4.79 Å². The van der Waals surface area contributed by atoms with Gasteiger partial charge in [0, 0.05) is 17.1 Å². The van der Waals surface area contributed by atoms with Crippen LogP contribution in [0.5, 0.6) is 0 Å². The van der Waals surface area contributed by atoms with Gasteiger partial charge in [0.05, 0.1) is 17.8 Å². The minimum atomic E-state index is 0. The molecule has 26 heavy (non-hydrogen) atoms. The van der Waals surface area contributed by atoms with Crippen molar-refractivity contribution in [3.05, 3.63) is 59.9 Å². The third-order valence-corrected chi connectivity index (χ3v) is 5.44. The van der Waals surface area contributed by atoms with Gasteiger partial charge in [0.15, 0.2) is 0 Å². The number of carbonyl (C=O) groups excluding carboxylic acids is 1. The van der Waals surface area contributed by atoms with Gasteiger partial charge < -0.3 is 10.2 Å². The Bertz CT molecular complexity index is 690. The molecule has 1 aromatic heterocycles. The van der Waals surface area contributed by atoms with Crippen molar-refractivity contribution < 1.29 is 4.79 Å². The molecular weight excluding hydrogens is 366 g/mol. The van der Waals surface area contributed by atoms with Crippen LogP contribution in [-0.4, -0.2) is 41.2 Å². The molecule has 1 amide bonds. The van der Waals surface area contributed by atoms with Crippen molar-refractivity contribution in [2.45, 2.75) is 36.7 Å². The number of halogens is 1. The number of hydrogen-bond acceptors (Lipinski definition) is 4. The monoisotopic (exact) mass is 391 g/mol. The zero-order chi connectivity index (χ0) is 17.5. The van der Waals surface area contributed by atoms with Crippen molar-refractivity contribution in [1.82, 2.24) is 15.2 Å². The summed E-state index contributed by atoms with van der Waals surface area (Å²) in [6.07, 6.45) is 6.93. The van der Waals surface area contributed by atoms with Crippen LogP contribution in [0.25, 0.3) is 0 Å². The smallest absolute Gasteiger partial charge is 0.255 e. The number of amides is 1. The molecule has 2 heterocycles. The number of hydrogen-bond donors (Lipinski definition) is 1. The van der Waals surface area contributed by atoms with E-state index in [0.29, 0.717) is 6.54 Å². The number of rotatable bonds is 5. The van der Waals surface area contributed by atoms with Gasteiger partial charge in [-0.15, -0.1) is 24.2 Å². The normalized spacial score (nSPS) is 17.0. The van der Waals surface area contributed by atoms with Crippen LogP contribution in [0.15, 0.2) is 53.6 Å². The van der Waals surface area contributed by atoms with Crippen molar-refractivity contribution in [2.24, 2.45) is 0 Å². The third kappa shape index (κ3) is 5.22. The minimum absolute atomic E-state index is 0. The Hall–Kier alpha value is -1.56. The molecule has 1 aromatic carbocycles. The van der Waals surface area contributed by atoms with Crippen molar-refractivity contribution >= 4 is 30.1 Å². The van der Waals surface area contributed by atoms with E-state index in [2.05, 4.69) is 10.3 Å². The molecule has 1 aliphatic heterocycles. The molecule has 1 fully saturated rings. The lowest BCUT2D eigenvalue weighted by Crippen LogP contribution is -2.40. The molecule has 6 heteroatoms. The lowest BCUT2D eigenvalue weighted by atomic mass is 10.0. The van der Waals surface area contributed by atoms with Crippen molar-refractivity contribution in [1.29, 1.82) is 0 Å². The van der Waals surface area contributed by atoms with Gasteiger partial charge in [0.25, 0.3) is 5.91 Å². The number of nitrogens with zero attached hydrogens (tertiary/aromatic N) is 2. The van der Waals surface area contributed by atoms with Gasteiger partial charge in [-0.25, -0.2) is 0 Å².